The van der Waals surface area contributed by atoms with Gasteiger partial charge in [0.05, 0.1) is 0 Å². The second kappa shape index (κ2) is 8.94. The van der Waals surface area contributed by atoms with Gasteiger partial charge in [0.15, 0.2) is 0 Å². The Kier molecular flexibility index (Phi) is 4.86. The van der Waals surface area contributed by atoms with Gasteiger partial charge in [-0.3, -0.25) is 0 Å². The van der Waals surface area contributed by atoms with Crippen molar-refractivity contribution in [3.8, 4) is 0 Å². The highest BCUT2D eigenvalue weighted by Gasteiger charge is 2.85. The molecular formula is C46H35NS2. The Morgan fingerprint density at radius 2 is 1.24 bits per heavy atom. The van der Waals surface area contributed by atoms with E-state index in [0.717, 1.165) is 23.7 Å². The quantitative estimate of drug-likeness (QED) is 0.182. The monoisotopic (exact) mass is 665 g/mol. The van der Waals surface area contributed by atoms with Crippen LogP contribution in [0.15, 0.2) is 121 Å². The van der Waals surface area contributed by atoms with E-state index < -0.39 is 0 Å². The molecule has 2 bridgehead atoms. The largest absolute Gasteiger partial charge is 0.310 e. The van der Waals surface area contributed by atoms with Crippen molar-refractivity contribution in [2.45, 2.75) is 37.5 Å². The second-order valence-electron chi connectivity index (χ2n) is 16.1. The summed E-state index contributed by atoms with van der Waals surface area (Å²) in [5.41, 5.74) is 9.66. The third-order valence-electron chi connectivity index (χ3n) is 14.6. The van der Waals surface area contributed by atoms with Crippen molar-refractivity contribution < 1.29 is 0 Å². The summed E-state index contributed by atoms with van der Waals surface area (Å²) in [5.74, 6) is 4.47. The molecule has 1 nitrogen and oxygen atoms in total. The summed E-state index contributed by atoms with van der Waals surface area (Å²) in [5, 5.41) is 5.40. The molecule has 13 rings (SSSR count). The molecule has 0 amide bonds. The normalized spacial score (nSPS) is 31.3. The van der Waals surface area contributed by atoms with Gasteiger partial charge < -0.3 is 4.90 Å². The zero-order valence-electron chi connectivity index (χ0n) is 27.2. The average molecular weight is 666 g/mol. The molecule has 7 atom stereocenters. The van der Waals surface area contributed by atoms with Gasteiger partial charge in [0.25, 0.3) is 0 Å². The summed E-state index contributed by atoms with van der Waals surface area (Å²) in [4.78, 5) is 2.55. The molecule has 2 aromatic heterocycles. The van der Waals surface area contributed by atoms with Crippen LogP contribution in [0.2, 0.25) is 0 Å². The molecule has 4 saturated carbocycles. The van der Waals surface area contributed by atoms with Crippen molar-refractivity contribution in [3.63, 3.8) is 0 Å². The molecule has 0 N–H and O–H groups in total. The predicted octanol–water partition coefficient (Wildman–Crippen LogP) is 13.2. The molecule has 2 spiro atoms. The van der Waals surface area contributed by atoms with Crippen LogP contribution in [0.5, 0.6) is 0 Å². The Hall–Kier alpha value is -4.18. The van der Waals surface area contributed by atoms with Crippen molar-refractivity contribution in [2.24, 2.45) is 35.0 Å². The van der Waals surface area contributed by atoms with Crippen LogP contribution in [-0.4, -0.2) is 0 Å². The Labute approximate surface area is 294 Å². The van der Waals surface area contributed by atoms with E-state index in [1.807, 2.05) is 22.7 Å². The van der Waals surface area contributed by atoms with Gasteiger partial charge in [0.2, 0.25) is 0 Å². The maximum absolute atomic E-state index is 2.61. The van der Waals surface area contributed by atoms with Crippen molar-refractivity contribution in [1.82, 2.24) is 0 Å². The number of benzene rings is 5. The van der Waals surface area contributed by atoms with E-state index >= 15 is 0 Å². The smallest absolute Gasteiger partial charge is 0.0468 e. The summed E-state index contributed by atoms with van der Waals surface area (Å²) < 4.78 is 5.42. The van der Waals surface area contributed by atoms with Gasteiger partial charge in [-0.2, -0.15) is 0 Å². The Morgan fingerprint density at radius 1 is 0.612 bits per heavy atom. The first-order valence-electron chi connectivity index (χ1n) is 18.4. The van der Waals surface area contributed by atoms with Gasteiger partial charge in [-0.15, -0.1) is 22.7 Å². The van der Waals surface area contributed by atoms with Crippen LogP contribution in [-0.2, 0) is 5.41 Å². The number of anilines is 3. The number of hydrogen-bond acceptors (Lipinski definition) is 3. The third-order valence-corrected chi connectivity index (χ3v) is 16.9. The lowest BCUT2D eigenvalue weighted by Crippen LogP contribution is -2.75. The predicted molar refractivity (Wildman–Crippen MR) is 209 cm³/mol. The molecule has 5 aromatic carbocycles. The van der Waals surface area contributed by atoms with Crippen LogP contribution in [0.25, 0.3) is 45.9 Å². The fourth-order valence-electron chi connectivity index (χ4n) is 13.1. The molecular weight excluding hydrogens is 631 g/mol. The fraction of sp³-hybridized carbons (Fsp3) is 0.261. The number of rotatable bonds is 3. The molecule has 2 heterocycles. The van der Waals surface area contributed by atoms with Gasteiger partial charge in [-0.05, 0) is 144 Å². The molecule has 0 saturated heterocycles. The van der Waals surface area contributed by atoms with E-state index in [-0.39, 0.29) is 0 Å². The van der Waals surface area contributed by atoms with Crippen LogP contribution >= 0.6 is 22.7 Å². The fourth-order valence-corrected chi connectivity index (χ4v) is 15.3. The molecule has 7 unspecified atom stereocenters. The summed E-state index contributed by atoms with van der Waals surface area (Å²) in [7, 11) is 0. The van der Waals surface area contributed by atoms with E-state index in [1.165, 1.54) is 89.5 Å². The maximum atomic E-state index is 2.61. The Balaban J connectivity index is 1.03. The molecule has 0 aliphatic heterocycles. The van der Waals surface area contributed by atoms with Crippen LogP contribution < -0.4 is 4.90 Å². The van der Waals surface area contributed by atoms with Crippen LogP contribution in [0.3, 0.4) is 0 Å². The van der Waals surface area contributed by atoms with Crippen LogP contribution in [0.1, 0.15) is 43.2 Å². The molecule has 49 heavy (non-hydrogen) atoms. The molecule has 3 heteroatoms. The van der Waals surface area contributed by atoms with Gasteiger partial charge in [-0.25, -0.2) is 0 Å². The van der Waals surface area contributed by atoms with E-state index in [9.17, 15) is 0 Å². The lowest BCUT2D eigenvalue weighted by atomic mass is 9.26. The van der Waals surface area contributed by atoms with Gasteiger partial charge in [-0.1, -0.05) is 60.7 Å². The van der Waals surface area contributed by atoms with Crippen LogP contribution in [0, 0.1) is 35.0 Å². The maximum Gasteiger partial charge on any atom is 0.0468 e. The molecule has 4 fully saturated rings. The molecule has 236 valence electrons. The zero-order valence-corrected chi connectivity index (χ0v) is 28.9. The summed E-state index contributed by atoms with van der Waals surface area (Å²) in [6.45, 7) is 0. The number of allylic oxidation sites excluding steroid dienone is 4. The molecule has 7 aromatic rings. The van der Waals surface area contributed by atoms with E-state index in [2.05, 4.69) is 126 Å². The highest BCUT2D eigenvalue weighted by Crippen LogP contribution is 2.90. The van der Waals surface area contributed by atoms with Gasteiger partial charge >= 0.3 is 0 Å². The standard InChI is InChI=1S/C46H35NS2/c1-4-10-37-31(7-1)34-22-28(13-16-38(34)46(37)43-20-26-19-27-21-44(46)45(27,43)25-26)47(29-14-17-41-35(23-29)32-8-2-5-11-39(32)48-41)30-15-18-42-36(24-30)33-9-3-6-12-40(33)49-42/h1-9,11-18,22-24,26-27,37,43-44H,10,19-21,25H2. The SMILES string of the molecule is C1=CCC2C(=C1)c1cc(N(c3ccc4sc5ccccc5c4c3)c3ccc4sc5ccccc5c4c3)ccc1C21C2CC3CC4CC1C42C3. The summed E-state index contributed by atoms with van der Waals surface area (Å²) in [6.07, 6.45) is 14.6. The lowest BCUT2D eigenvalue weighted by Gasteiger charge is -2.78. The highest BCUT2D eigenvalue weighted by molar-refractivity contribution is 7.26. The minimum Gasteiger partial charge on any atom is -0.310 e. The first kappa shape index (κ1) is 26.7. The number of thiophene rings is 2. The van der Waals surface area contributed by atoms with E-state index in [0.29, 0.717) is 16.7 Å². The van der Waals surface area contributed by atoms with E-state index in [1.54, 1.807) is 16.7 Å². The second-order valence-corrected chi connectivity index (χ2v) is 18.3. The topological polar surface area (TPSA) is 3.24 Å². The third kappa shape index (κ3) is 3.04. The minimum atomic E-state index is 0.365. The minimum absolute atomic E-state index is 0.365. The summed E-state index contributed by atoms with van der Waals surface area (Å²) >= 11 is 3.80. The van der Waals surface area contributed by atoms with Crippen molar-refractivity contribution in [3.05, 3.63) is 132 Å². The number of fused-ring (bicyclic) bond motifs is 14. The van der Waals surface area contributed by atoms with E-state index in [4.69, 9.17) is 0 Å². The molecule has 6 aliphatic carbocycles. The Morgan fingerprint density at radius 3 is 1.96 bits per heavy atom. The Bertz CT molecular complexity index is 2560. The van der Waals surface area contributed by atoms with Gasteiger partial charge in [0, 0.05) is 62.8 Å². The lowest BCUT2D eigenvalue weighted by molar-refractivity contribution is -0.258. The highest BCUT2D eigenvalue weighted by atomic mass is 32.1. The molecule has 6 aliphatic rings. The zero-order chi connectivity index (χ0) is 31.6. The first-order chi connectivity index (χ1) is 24.2. The first-order valence-corrected chi connectivity index (χ1v) is 20.0. The number of nitrogens with zero attached hydrogens (tertiary/aromatic N) is 1. The van der Waals surface area contributed by atoms with Gasteiger partial charge in [0.1, 0.15) is 0 Å². The van der Waals surface area contributed by atoms with Crippen LogP contribution in [0.4, 0.5) is 17.1 Å². The molecule has 0 radical (unpaired) electrons. The average Bonchev–Trinajstić information content (AvgIpc) is 3.93. The summed E-state index contributed by atoms with van der Waals surface area (Å²) in [6, 6.07) is 39.8. The number of hydrogen-bond donors (Lipinski definition) is 0. The van der Waals surface area contributed by atoms with Crippen molar-refractivity contribution >= 4 is 85.7 Å². The van der Waals surface area contributed by atoms with Crippen molar-refractivity contribution in [2.75, 3.05) is 4.90 Å². The van der Waals surface area contributed by atoms with Crippen molar-refractivity contribution in [1.29, 1.82) is 0 Å².